The lowest BCUT2D eigenvalue weighted by Crippen LogP contribution is -2.29. The summed E-state index contributed by atoms with van der Waals surface area (Å²) in [6.45, 7) is -0.445. The van der Waals surface area contributed by atoms with Gasteiger partial charge in [-0.25, -0.2) is 0 Å². The number of methoxy groups -OCH3 is 3. The number of aliphatic hydroxyl groups is 2. The van der Waals surface area contributed by atoms with Crippen LogP contribution in [0.2, 0.25) is 0 Å². The predicted octanol–water partition coefficient (Wildman–Crippen LogP) is 2.00. The molecule has 26 heavy (non-hydrogen) atoms. The van der Waals surface area contributed by atoms with Gasteiger partial charge in [-0.2, -0.15) is 0 Å². The van der Waals surface area contributed by atoms with Gasteiger partial charge in [-0.1, -0.05) is 0 Å². The molecular formula is C19H22O7. The van der Waals surface area contributed by atoms with Crippen LogP contribution in [0, 0.1) is 0 Å². The zero-order valence-electron chi connectivity index (χ0n) is 14.8. The van der Waals surface area contributed by atoms with Crippen molar-refractivity contribution in [3.8, 4) is 23.0 Å². The summed E-state index contributed by atoms with van der Waals surface area (Å²) in [6.07, 6.45) is -1.44. The molecule has 0 aliphatic rings. The first-order valence-corrected chi connectivity index (χ1v) is 7.88. The van der Waals surface area contributed by atoms with E-state index < -0.39 is 18.8 Å². The van der Waals surface area contributed by atoms with E-state index in [0.717, 1.165) is 0 Å². The molecular weight excluding hydrogens is 340 g/mol. The monoisotopic (exact) mass is 362 g/mol. The third-order valence-electron chi connectivity index (χ3n) is 3.85. The summed E-state index contributed by atoms with van der Waals surface area (Å²) in [5, 5.41) is 20.3. The summed E-state index contributed by atoms with van der Waals surface area (Å²) in [5.41, 5.74) is 0.886. The second kappa shape index (κ2) is 9.07. The number of benzene rings is 2. The maximum atomic E-state index is 10.9. The van der Waals surface area contributed by atoms with E-state index in [1.165, 1.54) is 27.4 Å². The second-order valence-electron chi connectivity index (χ2n) is 5.46. The smallest absolute Gasteiger partial charge is 0.161 e. The van der Waals surface area contributed by atoms with Crippen LogP contribution in [0.25, 0.3) is 0 Å². The quantitative estimate of drug-likeness (QED) is 0.659. The van der Waals surface area contributed by atoms with Gasteiger partial charge in [-0.15, -0.1) is 0 Å². The highest BCUT2D eigenvalue weighted by molar-refractivity contribution is 5.76. The molecule has 0 aromatic heterocycles. The van der Waals surface area contributed by atoms with Gasteiger partial charge in [0, 0.05) is 11.6 Å². The number of ether oxygens (including phenoxy) is 4. The Hall–Kier alpha value is -2.77. The van der Waals surface area contributed by atoms with Crippen molar-refractivity contribution < 1.29 is 34.0 Å². The molecule has 7 heteroatoms. The average Bonchev–Trinajstić information content (AvgIpc) is 2.70. The van der Waals surface area contributed by atoms with Crippen LogP contribution in [0.15, 0.2) is 36.4 Å². The molecule has 2 aromatic carbocycles. The molecule has 0 bridgehead atoms. The number of hydrogen-bond donors (Lipinski definition) is 2. The molecule has 2 atom stereocenters. The molecule has 2 unspecified atom stereocenters. The lowest BCUT2D eigenvalue weighted by Gasteiger charge is -2.24. The average molecular weight is 362 g/mol. The zero-order valence-corrected chi connectivity index (χ0v) is 14.8. The van der Waals surface area contributed by atoms with Crippen LogP contribution in [0.3, 0.4) is 0 Å². The van der Waals surface area contributed by atoms with Crippen molar-refractivity contribution in [2.24, 2.45) is 0 Å². The van der Waals surface area contributed by atoms with E-state index in [1.807, 2.05) is 0 Å². The number of carbonyl (C=O) groups excluding carboxylic acids is 1. The first kappa shape index (κ1) is 19.6. The molecule has 0 amide bonds. The molecule has 0 fully saturated rings. The molecule has 0 heterocycles. The van der Waals surface area contributed by atoms with E-state index in [9.17, 15) is 15.0 Å². The number of rotatable bonds is 9. The van der Waals surface area contributed by atoms with E-state index >= 15 is 0 Å². The van der Waals surface area contributed by atoms with Crippen molar-refractivity contribution in [2.75, 3.05) is 27.9 Å². The van der Waals surface area contributed by atoms with Gasteiger partial charge >= 0.3 is 0 Å². The van der Waals surface area contributed by atoms with Crippen LogP contribution in [-0.2, 0) is 0 Å². The molecule has 0 saturated carbocycles. The number of aldehydes is 1. The van der Waals surface area contributed by atoms with E-state index in [0.29, 0.717) is 40.4 Å². The van der Waals surface area contributed by atoms with E-state index in [2.05, 4.69) is 0 Å². The molecule has 0 aliphatic heterocycles. The van der Waals surface area contributed by atoms with E-state index in [1.54, 1.807) is 30.3 Å². The Bertz CT molecular complexity index is 722. The number of carbonyl (C=O) groups is 1. The topological polar surface area (TPSA) is 94.5 Å². The van der Waals surface area contributed by atoms with Gasteiger partial charge in [0.15, 0.2) is 17.6 Å². The number of hydrogen-bond acceptors (Lipinski definition) is 7. The lowest BCUT2D eigenvalue weighted by atomic mass is 10.0. The Kier molecular flexibility index (Phi) is 6.82. The highest BCUT2D eigenvalue weighted by atomic mass is 16.5. The molecule has 2 N–H and O–H groups in total. The second-order valence-corrected chi connectivity index (χ2v) is 5.46. The largest absolute Gasteiger partial charge is 0.497 e. The Morgan fingerprint density at radius 3 is 2.12 bits per heavy atom. The third-order valence-corrected chi connectivity index (χ3v) is 3.85. The summed E-state index contributed by atoms with van der Waals surface area (Å²) in [7, 11) is 4.45. The fourth-order valence-corrected chi connectivity index (χ4v) is 2.43. The minimum absolute atomic E-state index is 0.297. The summed E-state index contributed by atoms with van der Waals surface area (Å²) in [6, 6.07) is 9.55. The van der Waals surface area contributed by atoms with Crippen molar-refractivity contribution in [2.45, 2.75) is 12.2 Å². The van der Waals surface area contributed by atoms with Gasteiger partial charge in [0.05, 0.1) is 27.9 Å². The fraction of sp³-hybridized carbons (Fsp3) is 0.316. The van der Waals surface area contributed by atoms with Crippen LogP contribution in [0.1, 0.15) is 22.0 Å². The predicted molar refractivity (Wildman–Crippen MR) is 94.4 cm³/mol. The third kappa shape index (κ3) is 4.44. The zero-order chi connectivity index (χ0) is 19.1. The molecule has 7 nitrogen and oxygen atoms in total. The molecule has 0 radical (unpaired) electrons. The van der Waals surface area contributed by atoms with E-state index in [4.69, 9.17) is 18.9 Å². The number of aliphatic hydroxyl groups excluding tert-OH is 2. The molecule has 140 valence electrons. The van der Waals surface area contributed by atoms with Crippen molar-refractivity contribution >= 4 is 6.29 Å². The Morgan fingerprint density at radius 2 is 1.62 bits per heavy atom. The molecule has 0 spiro atoms. The van der Waals surface area contributed by atoms with Crippen molar-refractivity contribution in [1.29, 1.82) is 0 Å². The summed E-state index contributed by atoms with van der Waals surface area (Å²) in [4.78, 5) is 10.9. The molecule has 2 rings (SSSR count). The molecule has 0 saturated heterocycles. The van der Waals surface area contributed by atoms with Gasteiger partial charge in [0.2, 0.25) is 0 Å². The minimum atomic E-state index is -1.15. The van der Waals surface area contributed by atoms with Crippen molar-refractivity contribution in [1.82, 2.24) is 0 Å². The first-order chi connectivity index (χ1) is 12.6. The maximum Gasteiger partial charge on any atom is 0.161 e. The summed E-state index contributed by atoms with van der Waals surface area (Å²) >= 11 is 0. The van der Waals surface area contributed by atoms with E-state index in [-0.39, 0.29) is 0 Å². The van der Waals surface area contributed by atoms with Crippen LogP contribution < -0.4 is 18.9 Å². The van der Waals surface area contributed by atoms with Gasteiger partial charge < -0.3 is 29.2 Å². The van der Waals surface area contributed by atoms with Gasteiger partial charge in [-0.05, 0) is 35.9 Å². The normalized spacial score (nSPS) is 12.8. The SMILES string of the molecule is COc1cc(OC)cc(C(O)C(CO)Oc2ccc(C=O)cc2OC)c1. The highest BCUT2D eigenvalue weighted by Gasteiger charge is 2.25. The highest BCUT2D eigenvalue weighted by Crippen LogP contribution is 2.33. The Morgan fingerprint density at radius 1 is 0.962 bits per heavy atom. The molecule has 0 aliphatic carbocycles. The summed E-state index contributed by atoms with van der Waals surface area (Å²) < 4.78 is 21.3. The van der Waals surface area contributed by atoms with Crippen molar-refractivity contribution in [3.05, 3.63) is 47.5 Å². The van der Waals surface area contributed by atoms with Crippen LogP contribution in [-0.4, -0.2) is 50.5 Å². The van der Waals surface area contributed by atoms with Crippen LogP contribution in [0.4, 0.5) is 0 Å². The van der Waals surface area contributed by atoms with Gasteiger partial charge in [0.25, 0.3) is 0 Å². The Labute approximate surface area is 151 Å². The maximum absolute atomic E-state index is 10.9. The Balaban J connectivity index is 2.29. The molecule has 2 aromatic rings. The first-order valence-electron chi connectivity index (χ1n) is 7.88. The standard InChI is InChI=1S/C19H22O7/c1-23-14-7-13(8-15(9-14)24-2)19(22)18(11-21)26-16-5-4-12(10-20)6-17(16)25-3/h4-10,18-19,21-22H,11H2,1-3H3. The van der Waals surface area contributed by atoms with Crippen molar-refractivity contribution in [3.63, 3.8) is 0 Å². The van der Waals surface area contributed by atoms with Crippen LogP contribution >= 0.6 is 0 Å². The van der Waals surface area contributed by atoms with Crippen LogP contribution in [0.5, 0.6) is 23.0 Å². The fourth-order valence-electron chi connectivity index (χ4n) is 2.43. The summed E-state index contributed by atoms with van der Waals surface area (Å²) in [5.74, 6) is 1.63. The lowest BCUT2D eigenvalue weighted by molar-refractivity contribution is -0.000589. The minimum Gasteiger partial charge on any atom is -0.497 e. The van der Waals surface area contributed by atoms with Gasteiger partial charge in [0.1, 0.15) is 23.9 Å². The van der Waals surface area contributed by atoms with Gasteiger partial charge in [-0.3, -0.25) is 4.79 Å².